The van der Waals surface area contributed by atoms with Gasteiger partial charge in [-0.3, -0.25) is 14.4 Å². The lowest BCUT2D eigenvalue weighted by molar-refractivity contribution is -0.141. The second-order valence-electron chi connectivity index (χ2n) is 6.93. The van der Waals surface area contributed by atoms with Gasteiger partial charge in [-0.15, -0.1) is 0 Å². The highest BCUT2D eigenvalue weighted by molar-refractivity contribution is 5.95. The first kappa shape index (κ1) is 16.8. The third-order valence-electron chi connectivity index (χ3n) is 4.82. The lowest BCUT2D eigenvalue weighted by Gasteiger charge is -2.35. The molecule has 3 amide bonds. The fraction of sp³-hybridized carbons (Fsp3) is 0.500. The summed E-state index contributed by atoms with van der Waals surface area (Å²) in [5, 5.41) is 8.91. The van der Waals surface area contributed by atoms with Gasteiger partial charge in [0.25, 0.3) is 5.91 Å². The molecule has 2 heterocycles. The number of hydrogen-bond donors (Lipinski definition) is 3. The monoisotopic (exact) mass is 358 g/mol. The number of carbonyl (C=O) groups is 3. The minimum atomic E-state index is -0.475. The van der Waals surface area contributed by atoms with Crippen LogP contribution < -0.4 is 20.7 Å². The Labute approximate surface area is 151 Å². The summed E-state index contributed by atoms with van der Waals surface area (Å²) in [5.41, 5.74) is 1.36. The molecule has 1 saturated heterocycles. The van der Waals surface area contributed by atoms with Crippen LogP contribution in [0, 0.1) is 0 Å². The number of ether oxygens (including phenoxy) is 1. The van der Waals surface area contributed by atoms with E-state index < -0.39 is 6.04 Å². The molecular weight excluding hydrogens is 336 g/mol. The van der Waals surface area contributed by atoms with Crippen LogP contribution in [-0.4, -0.2) is 60.9 Å². The molecule has 0 spiro atoms. The summed E-state index contributed by atoms with van der Waals surface area (Å²) in [4.78, 5) is 38.4. The molecule has 0 aromatic heterocycles. The number of nitrogens with one attached hydrogen (secondary N) is 3. The molecule has 8 heteroatoms. The van der Waals surface area contributed by atoms with Crippen LogP contribution in [-0.2, 0) is 20.8 Å². The van der Waals surface area contributed by atoms with E-state index in [0.29, 0.717) is 31.1 Å². The molecule has 2 fully saturated rings. The molecular formula is C18H22N4O4. The van der Waals surface area contributed by atoms with Crippen LogP contribution in [0.1, 0.15) is 18.4 Å². The fourth-order valence-corrected chi connectivity index (χ4v) is 3.28. The highest BCUT2D eigenvalue weighted by Gasteiger charge is 2.34. The van der Waals surface area contributed by atoms with Crippen LogP contribution in [0.2, 0.25) is 0 Å². The van der Waals surface area contributed by atoms with E-state index in [1.54, 1.807) is 17.0 Å². The number of fused-ring (bicyclic) bond motifs is 1. The summed E-state index contributed by atoms with van der Waals surface area (Å²) in [5.74, 6) is 0.217. The Bertz CT molecular complexity index is 747. The van der Waals surface area contributed by atoms with E-state index in [1.807, 2.05) is 6.07 Å². The van der Waals surface area contributed by atoms with Crippen molar-refractivity contribution in [2.24, 2.45) is 0 Å². The number of nitrogens with zero attached hydrogens (tertiary/aromatic N) is 1. The topological polar surface area (TPSA) is 99.8 Å². The number of piperazine rings is 1. The summed E-state index contributed by atoms with van der Waals surface area (Å²) in [6, 6.07) is 5.12. The van der Waals surface area contributed by atoms with Crippen molar-refractivity contribution in [3.8, 4) is 5.75 Å². The predicted molar refractivity (Wildman–Crippen MR) is 93.8 cm³/mol. The number of hydrogen-bond acceptors (Lipinski definition) is 5. The minimum absolute atomic E-state index is 0.00381. The molecule has 26 heavy (non-hydrogen) atoms. The standard InChI is InChI=1S/C18H22N4O4/c23-16-10-26-15-4-1-11(7-13(15)21-16)8-17(24)22-6-5-19-9-14(22)18(25)20-12-2-3-12/h1,4,7,12,14,19H,2-3,5-6,8-10H2,(H,20,25)(H,21,23). The van der Waals surface area contributed by atoms with Gasteiger partial charge in [-0.25, -0.2) is 0 Å². The van der Waals surface area contributed by atoms with Crippen molar-refractivity contribution < 1.29 is 19.1 Å². The highest BCUT2D eigenvalue weighted by Crippen LogP contribution is 2.29. The van der Waals surface area contributed by atoms with Crippen LogP contribution >= 0.6 is 0 Å². The molecule has 4 rings (SSSR count). The van der Waals surface area contributed by atoms with Gasteiger partial charge in [0.1, 0.15) is 11.8 Å². The van der Waals surface area contributed by atoms with E-state index in [4.69, 9.17) is 4.74 Å². The van der Waals surface area contributed by atoms with Gasteiger partial charge in [0, 0.05) is 25.7 Å². The quantitative estimate of drug-likeness (QED) is 0.683. The first-order valence-corrected chi connectivity index (χ1v) is 8.96. The maximum absolute atomic E-state index is 12.8. The van der Waals surface area contributed by atoms with Gasteiger partial charge in [-0.1, -0.05) is 6.07 Å². The molecule has 138 valence electrons. The molecule has 0 bridgehead atoms. The maximum Gasteiger partial charge on any atom is 0.262 e. The summed E-state index contributed by atoms with van der Waals surface area (Å²) < 4.78 is 5.33. The van der Waals surface area contributed by atoms with Crippen molar-refractivity contribution in [3.05, 3.63) is 23.8 Å². The molecule has 3 aliphatic rings. The van der Waals surface area contributed by atoms with Gasteiger partial charge in [0.05, 0.1) is 12.1 Å². The Balaban J connectivity index is 1.45. The van der Waals surface area contributed by atoms with Gasteiger partial charge < -0.3 is 25.6 Å². The lowest BCUT2D eigenvalue weighted by Crippen LogP contribution is -2.60. The summed E-state index contributed by atoms with van der Waals surface area (Å²) in [6.45, 7) is 1.65. The fourth-order valence-electron chi connectivity index (χ4n) is 3.28. The number of carbonyl (C=O) groups excluding carboxylic acids is 3. The predicted octanol–water partition coefficient (Wildman–Crippen LogP) is -0.361. The molecule has 1 atom stereocenters. The van der Waals surface area contributed by atoms with E-state index in [1.165, 1.54) is 0 Å². The Hall–Kier alpha value is -2.61. The lowest BCUT2D eigenvalue weighted by atomic mass is 10.1. The Morgan fingerprint density at radius 3 is 2.96 bits per heavy atom. The van der Waals surface area contributed by atoms with Gasteiger partial charge in [-0.05, 0) is 30.5 Å². The average molecular weight is 358 g/mol. The zero-order chi connectivity index (χ0) is 18.1. The van der Waals surface area contributed by atoms with E-state index in [2.05, 4.69) is 16.0 Å². The molecule has 1 aliphatic carbocycles. The highest BCUT2D eigenvalue weighted by atomic mass is 16.5. The Kier molecular flexibility index (Phi) is 4.50. The minimum Gasteiger partial charge on any atom is -0.482 e. The second kappa shape index (κ2) is 6.95. The molecule has 1 unspecified atom stereocenters. The van der Waals surface area contributed by atoms with Crippen molar-refractivity contribution in [3.63, 3.8) is 0 Å². The van der Waals surface area contributed by atoms with Gasteiger partial charge >= 0.3 is 0 Å². The van der Waals surface area contributed by atoms with Gasteiger partial charge in [0.15, 0.2) is 6.61 Å². The van der Waals surface area contributed by atoms with Gasteiger partial charge in [0.2, 0.25) is 11.8 Å². The van der Waals surface area contributed by atoms with E-state index in [9.17, 15) is 14.4 Å². The van der Waals surface area contributed by atoms with Crippen molar-refractivity contribution in [1.82, 2.24) is 15.5 Å². The second-order valence-corrected chi connectivity index (χ2v) is 6.93. The first-order valence-electron chi connectivity index (χ1n) is 8.96. The van der Waals surface area contributed by atoms with Crippen LogP contribution in [0.4, 0.5) is 5.69 Å². The Morgan fingerprint density at radius 1 is 1.31 bits per heavy atom. The first-order chi connectivity index (χ1) is 12.6. The van der Waals surface area contributed by atoms with Crippen LogP contribution in [0.25, 0.3) is 0 Å². The zero-order valence-corrected chi connectivity index (χ0v) is 14.4. The molecule has 8 nitrogen and oxygen atoms in total. The molecule has 1 aromatic rings. The SMILES string of the molecule is O=C1COc2ccc(CC(=O)N3CCNCC3C(=O)NC3CC3)cc2N1. The van der Waals surface area contributed by atoms with Crippen LogP contribution in [0.15, 0.2) is 18.2 Å². The van der Waals surface area contributed by atoms with E-state index in [-0.39, 0.29) is 36.8 Å². The average Bonchev–Trinajstić information content (AvgIpc) is 3.45. The molecule has 0 radical (unpaired) electrons. The number of anilines is 1. The summed E-state index contributed by atoms with van der Waals surface area (Å²) >= 11 is 0. The van der Waals surface area contributed by atoms with Crippen molar-refractivity contribution in [2.75, 3.05) is 31.6 Å². The van der Waals surface area contributed by atoms with E-state index >= 15 is 0 Å². The summed E-state index contributed by atoms with van der Waals surface area (Å²) in [6.07, 6.45) is 2.21. The number of rotatable bonds is 4. The molecule has 1 aromatic carbocycles. The molecule has 1 saturated carbocycles. The van der Waals surface area contributed by atoms with Crippen molar-refractivity contribution in [2.45, 2.75) is 31.3 Å². The van der Waals surface area contributed by atoms with Crippen LogP contribution in [0.5, 0.6) is 5.75 Å². The molecule has 3 N–H and O–H groups in total. The summed E-state index contributed by atoms with van der Waals surface area (Å²) in [7, 11) is 0. The van der Waals surface area contributed by atoms with Crippen LogP contribution in [0.3, 0.4) is 0 Å². The number of benzene rings is 1. The third kappa shape index (κ3) is 3.65. The van der Waals surface area contributed by atoms with Gasteiger partial charge in [-0.2, -0.15) is 0 Å². The molecule has 2 aliphatic heterocycles. The third-order valence-corrected chi connectivity index (χ3v) is 4.82. The Morgan fingerprint density at radius 2 is 2.15 bits per heavy atom. The zero-order valence-electron chi connectivity index (χ0n) is 14.4. The number of amides is 3. The van der Waals surface area contributed by atoms with Crippen molar-refractivity contribution in [1.29, 1.82) is 0 Å². The maximum atomic E-state index is 12.8. The smallest absolute Gasteiger partial charge is 0.262 e. The van der Waals surface area contributed by atoms with E-state index in [0.717, 1.165) is 18.4 Å². The largest absolute Gasteiger partial charge is 0.482 e. The normalized spacial score (nSPS) is 22.1. The van der Waals surface area contributed by atoms with Crippen molar-refractivity contribution >= 4 is 23.4 Å².